The van der Waals surface area contributed by atoms with Crippen LogP contribution in [0.4, 0.5) is 4.39 Å². The fourth-order valence-corrected chi connectivity index (χ4v) is 3.71. The van der Waals surface area contributed by atoms with E-state index >= 15 is 0 Å². The number of benzene rings is 1. The highest BCUT2D eigenvalue weighted by Gasteiger charge is 2.27. The van der Waals surface area contributed by atoms with Crippen molar-refractivity contribution < 1.29 is 4.39 Å². The van der Waals surface area contributed by atoms with Crippen LogP contribution in [-0.2, 0) is 0 Å². The van der Waals surface area contributed by atoms with Crippen LogP contribution in [0.5, 0.6) is 0 Å². The van der Waals surface area contributed by atoms with Crippen molar-refractivity contribution in [3.05, 3.63) is 34.1 Å². The van der Waals surface area contributed by atoms with Gasteiger partial charge in [0, 0.05) is 6.04 Å². The van der Waals surface area contributed by atoms with E-state index < -0.39 is 0 Å². The topological polar surface area (TPSA) is 12.0 Å². The van der Waals surface area contributed by atoms with Gasteiger partial charge in [0.15, 0.2) is 0 Å². The summed E-state index contributed by atoms with van der Waals surface area (Å²) in [4.78, 5) is 0. The van der Waals surface area contributed by atoms with Crippen LogP contribution in [0.25, 0.3) is 0 Å². The summed E-state index contributed by atoms with van der Waals surface area (Å²) in [7, 11) is 2.01. The van der Waals surface area contributed by atoms with Gasteiger partial charge in [-0.05, 0) is 65.4 Å². The Balaban J connectivity index is 2.09. The van der Waals surface area contributed by atoms with Crippen LogP contribution < -0.4 is 5.32 Å². The van der Waals surface area contributed by atoms with Crippen molar-refractivity contribution in [2.75, 3.05) is 7.05 Å². The fraction of sp³-hybridized carbons (Fsp3) is 0.625. The summed E-state index contributed by atoms with van der Waals surface area (Å²) in [6.07, 6.45) is 6.53. The summed E-state index contributed by atoms with van der Waals surface area (Å²) in [6.45, 7) is 2.29. The maximum Gasteiger partial charge on any atom is 0.137 e. The quantitative estimate of drug-likeness (QED) is 0.814. The van der Waals surface area contributed by atoms with Crippen LogP contribution in [0.1, 0.15) is 50.6 Å². The molecule has 1 atom stereocenters. The van der Waals surface area contributed by atoms with Crippen LogP contribution in [0.15, 0.2) is 22.7 Å². The van der Waals surface area contributed by atoms with E-state index in [1.165, 1.54) is 37.7 Å². The van der Waals surface area contributed by atoms with Crippen LogP contribution in [0, 0.1) is 17.7 Å². The van der Waals surface area contributed by atoms with Crippen molar-refractivity contribution in [2.24, 2.45) is 11.8 Å². The molecule has 1 aliphatic carbocycles. The third-order valence-electron chi connectivity index (χ3n) is 4.55. The van der Waals surface area contributed by atoms with Crippen LogP contribution in [-0.4, -0.2) is 7.05 Å². The lowest BCUT2D eigenvalue weighted by Crippen LogP contribution is -2.28. The van der Waals surface area contributed by atoms with Crippen molar-refractivity contribution in [3.63, 3.8) is 0 Å². The van der Waals surface area contributed by atoms with Gasteiger partial charge in [0.2, 0.25) is 0 Å². The first-order chi connectivity index (χ1) is 9.15. The van der Waals surface area contributed by atoms with Gasteiger partial charge in [0.25, 0.3) is 0 Å². The van der Waals surface area contributed by atoms with Gasteiger partial charge >= 0.3 is 0 Å². The molecule has 0 radical (unpaired) electrons. The van der Waals surface area contributed by atoms with Gasteiger partial charge in [-0.1, -0.05) is 32.3 Å². The monoisotopic (exact) mass is 327 g/mol. The number of hydrogen-bond acceptors (Lipinski definition) is 1. The zero-order chi connectivity index (χ0) is 13.8. The molecule has 1 saturated carbocycles. The van der Waals surface area contributed by atoms with Crippen LogP contribution >= 0.6 is 15.9 Å². The molecule has 1 aliphatic rings. The highest BCUT2D eigenvalue weighted by atomic mass is 79.9. The average molecular weight is 328 g/mol. The smallest absolute Gasteiger partial charge is 0.137 e. The highest BCUT2D eigenvalue weighted by Crippen LogP contribution is 2.38. The largest absolute Gasteiger partial charge is 0.313 e. The summed E-state index contributed by atoms with van der Waals surface area (Å²) in [5, 5.41) is 3.42. The molecule has 1 fully saturated rings. The molecule has 2 rings (SSSR count). The standard InChI is InChI=1S/C16H23BrFN/c1-3-11-4-6-12(7-5-11)16(19-2)13-8-9-15(18)14(17)10-13/h8-12,16,19H,3-7H2,1-2H3. The molecule has 0 aromatic heterocycles. The molecule has 1 aromatic carbocycles. The molecule has 0 amide bonds. The minimum Gasteiger partial charge on any atom is -0.313 e. The maximum atomic E-state index is 13.3. The summed E-state index contributed by atoms with van der Waals surface area (Å²) in [6, 6.07) is 5.73. The predicted octanol–water partition coefficient (Wildman–Crippen LogP) is 5.07. The Kier molecular flexibility index (Phi) is 5.40. The van der Waals surface area contributed by atoms with E-state index in [2.05, 4.69) is 28.2 Å². The lowest BCUT2D eigenvalue weighted by atomic mass is 9.76. The van der Waals surface area contributed by atoms with E-state index in [0.29, 0.717) is 16.4 Å². The summed E-state index contributed by atoms with van der Waals surface area (Å²) >= 11 is 3.29. The number of rotatable bonds is 4. The molecule has 0 bridgehead atoms. The highest BCUT2D eigenvalue weighted by molar-refractivity contribution is 9.10. The minimum atomic E-state index is -0.187. The third-order valence-corrected chi connectivity index (χ3v) is 5.16. The third kappa shape index (κ3) is 3.57. The lowest BCUT2D eigenvalue weighted by Gasteiger charge is -2.34. The SMILES string of the molecule is CCC1CCC(C(NC)c2ccc(F)c(Br)c2)CC1. The van der Waals surface area contributed by atoms with Gasteiger partial charge < -0.3 is 5.32 Å². The molecular weight excluding hydrogens is 305 g/mol. The van der Waals surface area contributed by atoms with Crippen molar-refractivity contribution in [3.8, 4) is 0 Å². The van der Waals surface area contributed by atoms with E-state index in [9.17, 15) is 4.39 Å². The van der Waals surface area contributed by atoms with Crippen LogP contribution in [0.2, 0.25) is 0 Å². The van der Waals surface area contributed by atoms with E-state index in [0.717, 1.165) is 5.92 Å². The maximum absolute atomic E-state index is 13.3. The summed E-state index contributed by atoms with van der Waals surface area (Å²) in [5.74, 6) is 1.40. The molecule has 0 saturated heterocycles. The number of hydrogen-bond donors (Lipinski definition) is 1. The zero-order valence-corrected chi connectivity index (χ0v) is 13.3. The van der Waals surface area contributed by atoms with Crippen molar-refractivity contribution in [1.29, 1.82) is 0 Å². The zero-order valence-electron chi connectivity index (χ0n) is 11.8. The van der Waals surface area contributed by atoms with E-state index in [4.69, 9.17) is 0 Å². The molecular formula is C16H23BrFN. The number of nitrogens with one attached hydrogen (secondary N) is 1. The van der Waals surface area contributed by atoms with E-state index in [1.54, 1.807) is 6.07 Å². The Morgan fingerprint density at radius 2 is 2.00 bits per heavy atom. The van der Waals surface area contributed by atoms with Gasteiger partial charge in [-0.25, -0.2) is 4.39 Å². The van der Waals surface area contributed by atoms with E-state index in [1.807, 2.05) is 19.2 Å². The molecule has 0 spiro atoms. The van der Waals surface area contributed by atoms with Crippen LogP contribution in [0.3, 0.4) is 0 Å². The average Bonchev–Trinajstić information content (AvgIpc) is 2.44. The van der Waals surface area contributed by atoms with Gasteiger partial charge in [0.05, 0.1) is 4.47 Å². The lowest BCUT2D eigenvalue weighted by molar-refractivity contribution is 0.224. The van der Waals surface area contributed by atoms with Crippen molar-refractivity contribution >= 4 is 15.9 Å². The fourth-order valence-electron chi connectivity index (χ4n) is 3.31. The first kappa shape index (κ1) is 15.0. The van der Waals surface area contributed by atoms with Gasteiger partial charge in [-0.3, -0.25) is 0 Å². The molecule has 3 heteroatoms. The molecule has 0 heterocycles. The molecule has 106 valence electrons. The Hall–Kier alpha value is -0.410. The molecule has 1 N–H and O–H groups in total. The molecule has 1 aromatic rings. The molecule has 19 heavy (non-hydrogen) atoms. The molecule has 0 aliphatic heterocycles. The Morgan fingerprint density at radius 1 is 1.32 bits per heavy atom. The Bertz CT molecular complexity index is 413. The first-order valence-electron chi connectivity index (χ1n) is 7.28. The minimum absolute atomic E-state index is 0.187. The summed E-state index contributed by atoms with van der Waals surface area (Å²) < 4.78 is 13.9. The Morgan fingerprint density at radius 3 is 2.53 bits per heavy atom. The second-order valence-electron chi connectivity index (χ2n) is 5.63. The second-order valence-corrected chi connectivity index (χ2v) is 6.48. The van der Waals surface area contributed by atoms with Gasteiger partial charge in [-0.2, -0.15) is 0 Å². The normalized spacial score (nSPS) is 25.3. The number of halogens is 2. The predicted molar refractivity (Wildman–Crippen MR) is 81.6 cm³/mol. The summed E-state index contributed by atoms with van der Waals surface area (Å²) in [5.41, 5.74) is 1.19. The first-order valence-corrected chi connectivity index (χ1v) is 8.07. The molecule has 1 nitrogen and oxygen atoms in total. The van der Waals surface area contributed by atoms with E-state index in [-0.39, 0.29) is 5.82 Å². The Labute approximate surface area is 124 Å². The van der Waals surface area contributed by atoms with Gasteiger partial charge in [0.1, 0.15) is 5.82 Å². The van der Waals surface area contributed by atoms with Crippen molar-refractivity contribution in [1.82, 2.24) is 5.32 Å². The second kappa shape index (κ2) is 6.85. The molecule has 1 unspecified atom stereocenters. The van der Waals surface area contributed by atoms with Gasteiger partial charge in [-0.15, -0.1) is 0 Å². The van der Waals surface area contributed by atoms with Crippen molar-refractivity contribution in [2.45, 2.75) is 45.1 Å².